The smallest absolute Gasteiger partial charge is 0.235 e. The number of benzene rings is 2. The fourth-order valence-electron chi connectivity index (χ4n) is 3.38. The monoisotopic (exact) mass is 499 g/mol. The highest BCUT2D eigenvalue weighted by atomic mass is 32.2. The van der Waals surface area contributed by atoms with Crippen molar-refractivity contribution in [2.45, 2.75) is 69.9 Å². The van der Waals surface area contributed by atoms with Crippen molar-refractivity contribution in [3.8, 4) is 0 Å². The second-order valence-corrected chi connectivity index (χ2v) is 10.7. The topological polar surface area (TPSA) is 98.9 Å². The van der Waals surface area contributed by atoms with E-state index in [4.69, 9.17) is 0 Å². The Balaban J connectivity index is 0.000000327. The molecule has 188 valence electrons. The highest BCUT2D eigenvalue weighted by Gasteiger charge is 2.48. The van der Waals surface area contributed by atoms with E-state index in [0.29, 0.717) is 23.3 Å². The summed E-state index contributed by atoms with van der Waals surface area (Å²) in [7, 11) is 0. The van der Waals surface area contributed by atoms with E-state index in [2.05, 4.69) is 25.3 Å². The van der Waals surface area contributed by atoms with Gasteiger partial charge in [0.25, 0.3) is 0 Å². The number of aryl methyl sites for hydroxylation is 1. The van der Waals surface area contributed by atoms with Gasteiger partial charge in [-0.15, -0.1) is 0 Å². The zero-order valence-electron chi connectivity index (χ0n) is 20.9. The van der Waals surface area contributed by atoms with Crippen LogP contribution in [0, 0.1) is 12.7 Å². The Bertz CT molecular complexity index is 1170. The lowest BCUT2D eigenvalue weighted by Gasteiger charge is -2.19. The van der Waals surface area contributed by atoms with E-state index in [-0.39, 0.29) is 29.7 Å². The number of nitrogens with one attached hydrogen (secondary N) is 4. The van der Waals surface area contributed by atoms with Crippen molar-refractivity contribution >= 4 is 34.8 Å². The maximum Gasteiger partial charge on any atom is 0.235 e. The maximum atomic E-state index is 13.8. The van der Waals surface area contributed by atoms with Crippen LogP contribution in [-0.4, -0.2) is 33.9 Å². The lowest BCUT2D eigenvalue weighted by atomic mass is 10.1. The number of fused-ring (bicyclic) bond motifs is 1. The molecule has 2 amide bonds. The van der Waals surface area contributed by atoms with Crippen molar-refractivity contribution in [2.75, 3.05) is 6.54 Å². The zero-order chi connectivity index (χ0) is 25.6. The minimum Gasteiger partial charge on any atom is -0.352 e. The van der Waals surface area contributed by atoms with Crippen LogP contribution < -0.4 is 15.4 Å². The van der Waals surface area contributed by atoms with E-state index >= 15 is 0 Å². The number of imidazole rings is 1. The third-order valence-electron chi connectivity index (χ3n) is 5.32. The molecule has 1 aromatic heterocycles. The second kappa shape index (κ2) is 11.2. The normalized spacial score (nSPS) is 14.1. The SMILES string of the molecule is CCC(=O)NC(C)(C)C.Cc1ccc(SNCC(=O)NC2(c3nc4c(F)cccc4[nH]3)CC2)cc1. The van der Waals surface area contributed by atoms with Crippen LogP contribution in [0.2, 0.25) is 0 Å². The Labute approximate surface area is 210 Å². The van der Waals surface area contributed by atoms with Crippen molar-refractivity contribution in [1.29, 1.82) is 0 Å². The van der Waals surface area contributed by atoms with Gasteiger partial charge in [-0.05, 0) is 76.7 Å². The summed E-state index contributed by atoms with van der Waals surface area (Å²) in [6.07, 6.45) is 2.16. The molecule has 1 fully saturated rings. The van der Waals surface area contributed by atoms with Gasteiger partial charge < -0.3 is 15.6 Å². The highest BCUT2D eigenvalue weighted by Crippen LogP contribution is 2.44. The van der Waals surface area contributed by atoms with Crippen LogP contribution in [0.25, 0.3) is 11.0 Å². The molecule has 0 radical (unpaired) electrons. The summed E-state index contributed by atoms with van der Waals surface area (Å²) in [6.45, 7) is 9.99. The van der Waals surface area contributed by atoms with Crippen molar-refractivity contribution < 1.29 is 14.0 Å². The minimum atomic E-state index is -0.501. The van der Waals surface area contributed by atoms with Crippen LogP contribution in [0.15, 0.2) is 47.4 Å². The number of hydrogen-bond donors (Lipinski definition) is 4. The molecule has 4 N–H and O–H groups in total. The number of aromatic amines is 1. The third-order valence-corrected chi connectivity index (χ3v) is 6.12. The predicted molar refractivity (Wildman–Crippen MR) is 138 cm³/mol. The van der Waals surface area contributed by atoms with Gasteiger partial charge in [-0.3, -0.25) is 14.3 Å². The molecule has 3 aromatic rings. The fraction of sp³-hybridized carbons (Fsp3) is 0.423. The standard InChI is InChI=1S/C19H19FN4OS.C7H15NO/c1-12-5-7-13(8-6-12)26-21-11-16(25)24-19(9-10-19)18-22-15-4-2-3-14(20)17(15)23-18;1-5-6(9)8-7(2,3)4/h2-8,21H,9-11H2,1H3,(H,22,23)(H,24,25);5H2,1-4H3,(H,8,9). The average Bonchev–Trinajstić information content (AvgIpc) is 3.42. The molecule has 2 aromatic carbocycles. The average molecular weight is 500 g/mol. The summed E-state index contributed by atoms with van der Waals surface area (Å²) < 4.78 is 16.9. The summed E-state index contributed by atoms with van der Waals surface area (Å²) in [5.74, 6) is 0.269. The van der Waals surface area contributed by atoms with Crippen LogP contribution >= 0.6 is 11.9 Å². The van der Waals surface area contributed by atoms with Crippen LogP contribution in [-0.2, 0) is 15.1 Å². The molecule has 9 heteroatoms. The Morgan fingerprint density at radius 3 is 2.34 bits per heavy atom. The quantitative estimate of drug-likeness (QED) is 0.353. The third kappa shape index (κ3) is 7.80. The molecule has 1 heterocycles. The Hall–Kier alpha value is -2.91. The first-order valence-corrected chi connectivity index (χ1v) is 12.6. The summed E-state index contributed by atoms with van der Waals surface area (Å²) in [4.78, 5) is 31.6. The molecule has 0 atom stereocenters. The number of halogens is 1. The second-order valence-electron chi connectivity index (χ2n) is 9.74. The molecule has 1 saturated carbocycles. The number of rotatable bonds is 7. The molecule has 4 rings (SSSR count). The summed E-state index contributed by atoms with van der Waals surface area (Å²) >= 11 is 1.42. The molecule has 7 nitrogen and oxygen atoms in total. The van der Waals surface area contributed by atoms with Gasteiger partial charge in [0.1, 0.15) is 11.3 Å². The number of amides is 2. The van der Waals surface area contributed by atoms with E-state index in [1.165, 1.54) is 23.6 Å². The predicted octanol–water partition coefficient (Wildman–Crippen LogP) is 4.72. The van der Waals surface area contributed by atoms with E-state index in [1.807, 2.05) is 58.9 Å². The van der Waals surface area contributed by atoms with Crippen molar-refractivity contribution in [1.82, 2.24) is 25.3 Å². The van der Waals surface area contributed by atoms with Gasteiger partial charge in [-0.2, -0.15) is 0 Å². The number of carbonyl (C=O) groups is 2. The van der Waals surface area contributed by atoms with Crippen LogP contribution in [0.1, 0.15) is 58.3 Å². The first-order chi connectivity index (χ1) is 16.5. The number of para-hydroxylation sites is 1. The molecule has 0 saturated heterocycles. The number of hydrogen-bond acceptors (Lipinski definition) is 5. The van der Waals surface area contributed by atoms with Gasteiger partial charge in [0.05, 0.1) is 17.6 Å². The zero-order valence-corrected chi connectivity index (χ0v) is 21.7. The highest BCUT2D eigenvalue weighted by molar-refractivity contribution is 7.97. The largest absolute Gasteiger partial charge is 0.352 e. The summed E-state index contributed by atoms with van der Waals surface area (Å²) in [5, 5.41) is 5.86. The first kappa shape index (κ1) is 26.7. The molecule has 35 heavy (non-hydrogen) atoms. The lowest BCUT2D eigenvalue weighted by Crippen LogP contribution is -2.40. The van der Waals surface area contributed by atoms with Crippen molar-refractivity contribution in [3.05, 3.63) is 59.7 Å². The van der Waals surface area contributed by atoms with Crippen LogP contribution in [0.3, 0.4) is 0 Å². The van der Waals surface area contributed by atoms with Gasteiger partial charge in [0.2, 0.25) is 11.8 Å². The van der Waals surface area contributed by atoms with Gasteiger partial charge in [0.15, 0.2) is 5.82 Å². The van der Waals surface area contributed by atoms with E-state index in [1.54, 1.807) is 12.1 Å². The van der Waals surface area contributed by atoms with Gasteiger partial charge in [-0.1, -0.05) is 30.7 Å². The number of H-pyrrole nitrogens is 1. The van der Waals surface area contributed by atoms with Gasteiger partial charge in [0, 0.05) is 16.9 Å². The number of aromatic nitrogens is 2. The molecule has 0 aliphatic heterocycles. The van der Waals surface area contributed by atoms with E-state index in [9.17, 15) is 14.0 Å². The van der Waals surface area contributed by atoms with Crippen LogP contribution in [0.4, 0.5) is 4.39 Å². The van der Waals surface area contributed by atoms with Gasteiger partial charge in [-0.25, -0.2) is 9.37 Å². The van der Waals surface area contributed by atoms with E-state index in [0.717, 1.165) is 17.7 Å². The summed E-state index contributed by atoms with van der Waals surface area (Å²) in [5.41, 5.74) is 1.58. The van der Waals surface area contributed by atoms with Crippen LogP contribution in [0.5, 0.6) is 0 Å². The molecule has 1 aliphatic carbocycles. The molecule has 0 spiro atoms. The van der Waals surface area contributed by atoms with Gasteiger partial charge >= 0.3 is 0 Å². The molecular formula is C26H34FN5O2S. The fourth-order valence-corrected chi connectivity index (χ4v) is 4.02. The maximum absolute atomic E-state index is 13.8. The molecular weight excluding hydrogens is 465 g/mol. The number of carbonyl (C=O) groups excluding carboxylic acids is 2. The number of nitrogens with zero attached hydrogens (tertiary/aromatic N) is 1. The minimum absolute atomic E-state index is 0.0763. The first-order valence-electron chi connectivity index (χ1n) is 11.7. The Morgan fingerprint density at radius 1 is 1.11 bits per heavy atom. The Morgan fingerprint density at radius 2 is 1.80 bits per heavy atom. The van der Waals surface area contributed by atoms with Crippen molar-refractivity contribution in [2.24, 2.45) is 0 Å². The summed E-state index contributed by atoms with van der Waals surface area (Å²) in [6, 6.07) is 12.9. The Kier molecular flexibility index (Phi) is 8.56. The molecule has 1 aliphatic rings. The molecule has 0 unspecified atom stereocenters. The lowest BCUT2D eigenvalue weighted by molar-refractivity contribution is -0.122. The molecule has 0 bridgehead atoms. The van der Waals surface area contributed by atoms with E-state index < -0.39 is 5.54 Å². The van der Waals surface area contributed by atoms with Crippen molar-refractivity contribution in [3.63, 3.8) is 0 Å².